The van der Waals surface area contributed by atoms with Gasteiger partial charge in [0.1, 0.15) is 0 Å². The Bertz CT molecular complexity index is 526. The lowest BCUT2D eigenvalue weighted by molar-refractivity contribution is 0.154. The van der Waals surface area contributed by atoms with Crippen molar-refractivity contribution in [3.63, 3.8) is 0 Å². The van der Waals surface area contributed by atoms with Crippen molar-refractivity contribution >= 4 is 11.3 Å². The highest BCUT2D eigenvalue weighted by molar-refractivity contribution is 7.10. The van der Waals surface area contributed by atoms with E-state index in [9.17, 15) is 5.11 Å². The summed E-state index contributed by atoms with van der Waals surface area (Å²) in [6.07, 6.45) is 4.15. The van der Waals surface area contributed by atoms with Gasteiger partial charge in [0.05, 0.1) is 12.3 Å². The van der Waals surface area contributed by atoms with Crippen molar-refractivity contribution in [3.8, 4) is 11.3 Å². The lowest BCUT2D eigenvalue weighted by Crippen LogP contribution is -2.31. The summed E-state index contributed by atoms with van der Waals surface area (Å²) < 4.78 is 0. The van der Waals surface area contributed by atoms with Crippen molar-refractivity contribution in [2.45, 2.75) is 25.4 Å². The molecule has 0 aliphatic carbocycles. The van der Waals surface area contributed by atoms with Gasteiger partial charge >= 0.3 is 0 Å². The van der Waals surface area contributed by atoms with Crippen LogP contribution in [0, 0.1) is 0 Å². The monoisotopic (exact) mass is 274 g/mol. The number of pyridine rings is 1. The fraction of sp³-hybridized carbons (Fsp3) is 0.400. The van der Waals surface area contributed by atoms with E-state index in [1.165, 1.54) is 16.9 Å². The first-order chi connectivity index (χ1) is 9.36. The van der Waals surface area contributed by atoms with Gasteiger partial charge in [0, 0.05) is 34.6 Å². The number of hydrogen-bond donors (Lipinski definition) is 1. The number of aliphatic hydroxyl groups is 1. The molecule has 2 aromatic heterocycles. The zero-order valence-electron chi connectivity index (χ0n) is 10.8. The zero-order valence-corrected chi connectivity index (χ0v) is 11.6. The fourth-order valence-electron chi connectivity index (χ4n) is 2.64. The van der Waals surface area contributed by atoms with Gasteiger partial charge in [-0.3, -0.25) is 9.88 Å². The molecule has 0 unspecified atom stereocenters. The number of nitrogens with zero attached hydrogens (tertiary/aromatic N) is 2. The van der Waals surface area contributed by atoms with Crippen molar-refractivity contribution in [3.05, 3.63) is 40.7 Å². The SMILES string of the molecule is OC[C@@H]1CCCN1Cc1cc(-c2ccccn2)cs1. The Morgan fingerprint density at radius 2 is 2.37 bits per heavy atom. The van der Waals surface area contributed by atoms with Crippen LogP contribution in [0.25, 0.3) is 11.3 Å². The number of likely N-dealkylation sites (tertiary alicyclic amines) is 1. The Kier molecular flexibility index (Phi) is 3.92. The van der Waals surface area contributed by atoms with E-state index in [2.05, 4.69) is 21.3 Å². The number of hydrogen-bond acceptors (Lipinski definition) is 4. The summed E-state index contributed by atoms with van der Waals surface area (Å²) in [6.45, 7) is 2.32. The highest BCUT2D eigenvalue weighted by Gasteiger charge is 2.23. The van der Waals surface area contributed by atoms with Gasteiger partial charge in [-0.25, -0.2) is 0 Å². The summed E-state index contributed by atoms with van der Waals surface area (Å²) in [5.41, 5.74) is 2.23. The highest BCUT2D eigenvalue weighted by atomic mass is 32.1. The molecule has 0 bridgehead atoms. The van der Waals surface area contributed by atoms with Crippen LogP contribution in [-0.4, -0.2) is 34.2 Å². The molecule has 1 fully saturated rings. The number of aliphatic hydroxyl groups excluding tert-OH is 1. The van der Waals surface area contributed by atoms with Gasteiger partial charge in [-0.2, -0.15) is 0 Å². The Hall–Kier alpha value is -1.23. The molecule has 0 spiro atoms. The molecule has 4 heteroatoms. The van der Waals surface area contributed by atoms with Gasteiger partial charge in [-0.05, 0) is 37.6 Å². The molecule has 1 N–H and O–H groups in total. The van der Waals surface area contributed by atoms with Crippen LogP contribution < -0.4 is 0 Å². The third kappa shape index (κ3) is 2.86. The highest BCUT2D eigenvalue weighted by Crippen LogP contribution is 2.27. The molecule has 1 aliphatic heterocycles. The van der Waals surface area contributed by atoms with E-state index in [-0.39, 0.29) is 6.61 Å². The summed E-state index contributed by atoms with van der Waals surface area (Å²) >= 11 is 1.78. The van der Waals surface area contributed by atoms with Gasteiger partial charge in [0.25, 0.3) is 0 Å². The predicted molar refractivity (Wildman–Crippen MR) is 78.1 cm³/mol. The number of thiophene rings is 1. The van der Waals surface area contributed by atoms with Gasteiger partial charge < -0.3 is 5.11 Å². The molecule has 0 radical (unpaired) electrons. The van der Waals surface area contributed by atoms with Crippen LogP contribution in [0.4, 0.5) is 0 Å². The van der Waals surface area contributed by atoms with Crippen LogP contribution >= 0.6 is 11.3 Å². The predicted octanol–water partition coefficient (Wildman–Crippen LogP) is 2.77. The van der Waals surface area contributed by atoms with Crippen LogP contribution in [0.15, 0.2) is 35.8 Å². The van der Waals surface area contributed by atoms with Crippen molar-refractivity contribution in [1.82, 2.24) is 9.88 Å². The summed E-state index contributed by atoms with van der Waals surface area (Å²) in [4.78, 5) is 8.11. The second-order valence-electron chi connectivity index (χ2n) is 4.97. The molecule has 3 heterocycles. The average Bonchev–Trinajstić information content (AvgIpc) is 3.09. The van der Waals surface area contributed by atoms with Crippen molar-refractivity contribution < 1.29 is 5.11 Å². The second-order valence-corrected chi connectivity index (χ2v) is 5.96. The van der Waals surface area contributed by atoms with E-state index in [1.54, 1.807) is 11.3 Å². The largest absolute Gasteiger partial charge is 0.395 e. The van der Waals surface area contributed by atoms with Gasteiger partial charge in [-0.15, -0.1) is 11.3 Å². The molecule has 1 saturated heterocycles. The van der Waals surface area contributed by atoms with E-state index in [0.29, 0.717) is 6.04 Å². The van der Waals surface area contributed by atoms with E-state index in [4.69, 9.17) is 0 Å². The molecular weight excluding hydrogens is 256 g/mol. The topological polar surface area (TPSA) is 36.4 Å². The Labute approximate surface area is 117 Å². The van der Waals surface area contributed by atoms with E-state index in [0.717, 1.165) is 25.2 Å². The van der Waals surface area contributed by atoms with Crippen LogP contribution in [0.1, 0.15) is 17.7 Å². The Balaban J connectivity index is 1.72. The summed E-state index contributed by atoms with van der Waals surface area (Å²) in [6, 6.07) is 8.56. The third-order valence-corrected chi connectivity index (χ3v) is 4.60. The molecule has 3 nitrogen and oxygen atoms in total. The molecule has 0 saturated carbocycles. The van der Waals surface area contributed by atoms with Crippen LogP contribution in [0.5, 0.6) is 0 Å². The van der Waals surface area contributed by atoms with Crippen molar-refractivity contribution in [1.29, 1.82) is 0 Å². The van der Waals surface area contributed by atoms with E-state index >= 15 is 0 Å². The van der Waals surface area contributed by atoms with Crippen LogP contribution in [0.2, 0.25) is 0 Å². The zero-order chi connectivity index (χ0) is 13.1. The number of aromatic nitrogens is 1. The van der Waals surface area contributed by atoms with Crippen LogP contribution in [0.3, 0.4) is 0 Å². The molecule has 1 atom stereocenters. The lowest BCUT2D eigenvalue weighted by Gasteiger charge is -2.21. The molecule has 2 aromatic rings. The maximum atomic E-state index is 9.35. The minimum atomic E-state index is 0.276. The molecular formula is C15H18N2OS. The van der Waals surface area contributed by atoms with Crippen LogP contribution in [-0.2, 0) is 6.54 Å². The molecule has 0 aromatic carbocycles. The fourth-order valence-corrected chi connectivity index (χ4v) is 3.54. The molecule has 1 aliphatic rings. The molecule has 3 rings (SSSR count). The first-order valence-corrected chi connectivity index (χ1v) is 7.58. The van der Waals surface area contributed by atoms with Gasteiger partial charge in [0.2, 0.25) is 0 Å². The quantitative estimate of drug-likeness (QED) is 0.931. The van der Waals surface area contributed by atoms with Gasteiger partial charge in [0.15, 0.2) is 0 Å². The molecule has 19 heavy (non-hydrogen) atoms. The molecule has 100 valence electrons. The van der Waals surface area contributed by atoms with E-state index < -0.39 is 0 Å². The first kappa shape index (κ1) is 12.8. The summed E-state index contributed by atoms with van der Waals surface area (Å²) in [7, 11) is 0. The van der Waals surface area contributed by atoms with E-state index in [1.807, 2.05) is 24.4 Å². The van der Waals surface area contributed by atoms with Crippen molar-refractivity contribution in [2.24, 2.45) is 0 Å². The van der Waals surface area contributed by atoms with Crippen molar-refractivity contribution in [2.75, 3.05) is 13.2 Å². The Morgan fingerprint density at radius 1 is 1.42 bits per heavy atom. The normalized spacial score (nSPS) is 19.9. The Morgan fingerprint density at radius 3 is 3.16 bits per heavy atom. The number of rotatable bonds is 4. The standard InChI is InChI=1S/C15H18N2OS/c18-10-13-4-3-7-17(13)9-14-8-12(11-19-14)15-5-1-2-6-16-15/h1-2,5-6,8,11,13,18H,3-4,7,9-10H2/t13-/m0/s1. The second kappa shape index (κ2) is 5.82. The minimum absolute atomic E-state index is 0.276. The van der Waals surface area contributed by atoms with Gasteiger partial charge in [-0.1, -0.05) is 6.07 Å². The average molecular weight is 274 g/mol. The minimum Gasteiger partial charge on any atom is -0.395 e. The maximum absolute atomic E-state index is 9.35. The smallest absolute Gasteiger partial charge is 0.0710 e. The summed E-state index contributed by atoms with van der Waals surface area (Å²) in [5.74, 6) is 0. The summed E-state index contributed by atoms with van der Waals surface area (Å²) in [5, 5.41) is 11.5. The lowest BCUT2D eigenvalue weighted by atomic mass is 10.2. The molecule has 0 amide bonds. The first-order valence-electron chi connectivity index (χ1n) is 6.70. The maximum Gasteiger partial charge on any atom is 0.0710 e. The third-order valence-electron chi connectivity index (χ3n) is 3.68.